The molecule has 136 valence electrons. The molecule has 8 heteroatoms. The van der Waals surface area contributed by atoms with E-state index in [9.17, 15) is 4.79 Å². The van der Waals surface area contributed by atoms with Crippen LogP contribution in [0.3, 0.4) is 0 Å². The second-order valence-corrected chi connectivity index (χ2v) is 6.68. The van der Waals surface area contributed by atoms with Crippen molar-refractivity contribution in [3.8, 4) is 0 Å². The summed E-state index contributed by atoms with van der Waals surface area (Å²) in [6.07, 6.45) is 2.91. The van der Waals surface area contributed by atoms with Crippen molar-refractivity contribution in [1.82, 2.24) is 14.9 Å². The van der Waals surface area contributed by atoms with Crippen molar-refractivity contribution in [1.29, 1.82) is 0 Å². The molecule has 2 aliphatic rings. The molecule has 7 nitrogen and oxygen atoms in total. The maximum Gasteiger partial charge on any atom is 0.272 e. The van der Waals surface area contributed by atoms with Gasteiger partial charge in [0.2, 0.25) is 5.95 Å². The van der Waals surface area contributed by atoms with Crippen LogP contribution in [0.25, 0.3) is 0 Å². The predicted octanol–water partition coefficient (Wildman–Crippen LogP) is 2.85. The third-order valence-corrected chi connectivity index (χ3v) is 4.95. The molecule has 3 heterocycles. The van der Waals surface area contributed by atoms with Crippen LogP contribution in [0.15, 0.2) is 36.5 Å². The first kappa shape index (κ1) is 17.2. The molecule has 1 spiro atoms. The lowest BCUT2D eigenvalue weighted by atomic mass is 10.0. The molecule has 0 bridgehead atoms. The van der Waals surface area contributed by atoms with E-state index in [0.717, 1.165) is 0 Å². The number of benzene rings is 1. The van der Waals surface area contributed by atoms with Crippen LogP contribution < -0.4 is 5.32 Å². The van der Waals surface area contributed by atoms with E-state index in [2.05, 4.69) is 15.3 Å². The number of ether oxygens (including phenoxy) is 2. The van der Waals surface area contributed by atoms with Crippen molar-refractivity contribution < 1.29 is 14.3 Å². The van der Waals surface area contributed by atoms with Crippen LogP contribution in [0.5, 0.6) is 0 Å². The van der Waals surface area contributed by atoms with E-state index in [0.29, 0.717) is 61.5 Å². The van der Waals surface area contributed by atoms with E-state index in [-0.39, 0.29) is 5.91 Å². The Labute approximate surface area is 156 Å². The lowest BCUT2D eigenvalue weighted by Gasteiger charge is -2.37. The number of halogens is 1. The van der Waals surface area contributed by atoms with Crippen LogP contribution in [-0.4, -0.2) is 52.9 Å². The number of anilines is 2. The number of carbonyl (C=O) groups is 1. The number of amides is 1. The maximum atomic E-state index is 12.8. The molecule has 26 heavy (non-hydrogen) atoms. The van der Waals surface area contributed by atoms with Gasteiger partial charge < -0.3 is 19.7 Å². The second kappa shape index (κ2) is 7.19. The highest BCUT2D eigenvalue weighted by atomic mass is 35.5. The average molecular weight is 375 g/mol. The van der Waals surface area contributed by atoms with Gasteiger partial charge in [0.1, 0.15) is 5.69 Å². The van der Waals surface area contributed by atoms with Gasteiger partial charge in [0.05, 0.1) is 23.9 Å². The molecular formula is C18H19ClN4O3. The number of rotatable bonds is 3. The quantitative estimate of drug-likeness (QED) is 0.890. The van der Waals surface area contributed by atoms with Crippen LogP contribution in [0.2, 0.25) is 5.02 Å². The summed E-state index contributed by atoms with van der Waals surface area (Å²) in [5, 5.41) is 3.61. The Morgan fingerprint density at radius 2 is 1.88 bits per heavy atom. The van der Waals surface area contributed by atoms with Gasteiger partial charge in [-0.2, -0.15) is 0 Å². The van der Waals surface area contributed by atoms with Crippen molar-refractivity contribution in [3.63, 3.8) is 0 Å². The zero-order valence-electron chi connectivity index (χ0n) is 14.2. The third kappa shape index (κ3) is 3.51. The Kier molecular flexibility index (Phi) is 4.76. The number of piperidine rings is 1. The summed E-state index contributed by atoms with van der Waals surface area (Å²) in [5.74, 6) is -0.290. The molecule has 0 saturated carbocycles. The zero-order chi connectivity index (χ0) is 18.0. The molecule has 1 aromatic carbocycles. The molecule has 1 amide bonds. The summed E-state index contributed by atoms with van der Waals surface area (Å²) in [5.41, 5.74) is 1.04. The lowest BCUT2D eigenvalue weighted by molar-refractivity contribution is -0.181. The molecule has 2 aromatic rings. The van der Waals surface area contributed by atoms with Crippen molar-refractivity contribution in [3.05, 3.63) is 47.2 Å². The van der Waals surface area contributed by atoms with E-state index in [1.165, 1.54) is 0 Å². The minimum absolute atomic E-state index is 0.123. The number of aromatic nitrogens is 2. The maximum absolute atomic E-state index is 12.8. The van der Waals surface area contributed by atoms with Crippen LogP contribution in [0, 0.1) is 0 Å². The fraction of sp³-hybridized carbons (Fsp3) is 0.389. The van der Waals surface area contributed by atoms with Gasteiger partial charge in [0, 0.05) is 32.1 Å². The van der Waals surface area contributed by atoms with E-state index < -0.39 is 5.79 Å². The molecule has 0 radical (unpaired) electrons. The van der Waals surface area contributed by atoms with E-state index in [1.807, 2.05) is 18.2 Å². The SMILES string of the molecule is O=C(c1ccnc(Nc2ccccc2Cl)n1)N1CCC2(CC1)OCCO2. The van der Waals surface area contributed by atoms with Crippen molar-refractivity contribution in [2.45, 2.75) is 18.6 Å². The van der Waals surface area contributed by atoms with E-state index in [4.69, 9.17) is 21.1 Å². The minimum Gasteiger partial charge on any atom is -0.347 e. The molecule has 0 atom stereocenters. The van der Waals surface area contributed by atoms with Gasteiger partial charge in [0.25, 0.3) is 5.91 Å². The molecule has 4 rings (SSSR count). The van der Waals surface area contributed by atoms with Gasteiger partial charge in [-0.1, -0.05) is 23.7 Å². The molecular weight excluding hydrogens is 356 g/mol. The monoisotopic (exact) mass is 374 g/mol. The Morgan fingerprint density at radius 3 is 2.62 bits per heavy atom. The van der Waals surface area contributed by atoms with Gasteiger partial charge in [-0.05, 0) is 18.2 Å². The van der Waals surface area contributed by atoms with Crippen molar-refractivity contribution in [2.24, 2.45) is 0 Å². The Hall–Kier alpha value is -2.22. The first-order chi connectivity index (χ1) is 12.7. The number of nitrogens with zero attached hydrogens (tertiary/aromatic N) is 3. The van der Waals surface area contributed by atoms with Gasteiger partial charge in [-0.3, -0.25) is 4.79 Å². The topological polar surface area (TPSA) is 76.6 Å². The lowest BCUT2D eigenvalue weighted by Crippen LogP contribution is -2.47. The summed E-state index contributed by atoms with van der Waals surface area (Å²) in [7, 11) is 0. The first-order valence-corrected chi connectivity index (χ1v) is 8.95. The molecule has 0 unspecified atom stereocenters. The summed E-state index contributed by atoms with van der Waals surface area (Å²) < 4.78 is 11.4. The number of carbonyl (C=O) groups excluding carboxylic acids is 1. The highest BCUT2D eigenvalue weighted by molar-refractivity contribution is 6.33. The molecule has 2 saturated heterocycles. The number of hydrogen-bond acceptors (Lipinski definition) is 6. The zero-order valence-corrected chi connectivity index (χ0v) is 14.9. The Morgan fingerprint density at radius 1 is 1.15 bits per heavy atom. The van der Waals surface area contributed by atoms with Gasteiger partial charge in [-0.15, -0.1) is 0 Å². The average Bonchev–Trinajstić information content (AvgIpc) is 3.12. The summed E-state index contributed by atoms with van der Waals surface area (Å²) in [4.78, 5) is 23.1. The van der Waals surface area contributed by atoms with Crippen LogP contribution >= 0.6 is 11.6 Å². The smallest absolute Gasteiger partial charge is 0.272 e. The molecule has 1 N–H and O–H groups in total. The number of para-hydroxylation sites is 1. The summed E-state index contributed by atoms with van der Waals surface area (Å²) >= 11 is 6.14. The highest BCUT2D eigenvalue weighted by Gasteiger charge is 2.41. The van der Waals surface area contributed by atoms with Crippen molar-refractivity contribution >= 4 is 29.1 Å². The molecule has 1 aromatic heterocycles. The Bertz CT molecular complexity index is 801. The number of hydrogen-bond donors (Lipinski definition) is 1. The van der Waals surface area contributed by atoms with Crippen LogP contribution in [0.1, 0.15) is 23.3 Å². The standard InChI is InChI=1S/C18H19ClN4O3/c19-13-3-1-2-4-14(13)21-17-20-8-5-15(22-17)16(24)23-9-6-18(7-10-23)25-11-12-26-18/h1-5,8H,6-7,9-12H2,(H,20,21,22). The molecule has 2 aliphatic heterocycles. The summed E-state index contributed by atoms with van der Waals surface area (Å²) in [6, 6.07) is 8.92. The fourth-order valence-electron chi connectivity index (χ4n) is 3.22. The molecule has 2 fully saturated rings. The predicted molar refractivity (Wildman–Crippen MR) is 96.5 cm³/mol. The van der Waals surface area contributed by atoms with Gasteiger partial charge >= 0.3 is 0 Å². The molecule has 0 aliphatic carbocycles. The first-order valence-electron chi connectivity index (χ1n) is 8.57. The number of likely N-dealkylation sites (tertiary alicyclic amines) is 1. The number of nitrogens with one attached hydrogen (secondary N) is 1. The summed E-state index contributed by atoms with van der Waals surface area (Å²) in [6.45, 7) is 2.40. The highest BCUT2D eigenvalue weighted by Crippen LogP contribution is 2.31. The van der Waals surface area contributed by atoms with Gasteiger partial charge in [-0.25, -0.2) is 9.97 Å². The Balaban J connectivity index is 1.44. The second-order valence-electron chi connectivity index (χ2n) is 6.27. The van der Waals surface area contributed by atoms with Gasteiger partial charge in [0.15, 0.2) is 5.79 Å². The van der Waals surface area contributed by atoms with Crippen LogP contribution in [-0.2, 0) is 9.47 Å². The minimum atomic E-state index is -0.501. The van der Waals surface area contributed by atoms with E-state index in [1.54, 1.807) is 23.2 Å². The largest absolute Gasteiger partial charge is 0.347 e. The van der Waals surface area contributed by atoms with Crippen LogP contribution in [0.4, 0.5) is 11.6 Å². The van der Waals surface area contributed by atoms with E-state index >= 15 is 0 Å². The van der Waals surface area contributed by atoms with Crippen molar-refractivity contribution in [2.75, 3.05) is 31.6 Å². The fourth-order valence-corrected chi connectivity index (χ4v) is 3.40. The normalized spacial score (nSPS) is 18.9. The third-order valence-electron chi connectivity index (χ3n) is 4.62.